The average Bonchev–Trinajstić information content (AvgIpc) is 2.61. The first kappa shape index (κ1) is 37.4. The monoisotopic (exact) mass is 405 g/mol. The molecule has 0 aromatic rings. The van der Waals surface area contributed by atoms with E-state index in [4.69, 9.17) is 0 Å². The van der Waals surface area contributed by atoms with E-state index in [0.717, 1.165) is 19.3 Å². The van der Waals surface area contributed by atoms with Gasteiger partial charge in [-0.1, -0.05) is 117 Å². The number of unbranched alkanes of at least 4 members (excludes halogenated alkanes) is 15. The summed E-state index contributed by atoms with van der Waals surface area (Å²) in [6.45, 7) is 18.1. The Labute approximate surface area is 184 Å². The third-order valence-electron chi connectivity index (χ3n) is 4.06. The Hall–Kier alpha value is 0.674. The molecule has 0 rings (SSSR count). The summed E-state index contributed by atoms with van der Waals surface area (Å²) in [5.41, 5.74) is 0. The van der Waals surface area contributed by atoms with E-state index < -0.39 is 0 Å². The van der Waals surface area contributed by atoms with Gasteiger partial charge in [-0.05, 0) is 0 Å². The van der Waals surface area contributed by atoms with E-state index in [1.165, 1.54) is 96.3 Å². The van der Waals surface area contributed by atoms with Crippen molar-refractivity contribution in [2.24, 2.45) is 0 Å². The second kappa shape index (κ2) is 44.8. The second-order valence-corrected chi connectivity index (χ2v) is 6.80. The molecule has 1 radical (unpaired) electrons. The third kappa shape index (κ3) is 56.3. The van der Waals surface area contributed by atoms with Gasteiger partial charge in [-0.3, -0.25) is 0 Å². The fourth-order valence-electron chi connectivity index (χ4n) is 2.34. The molecular formula is C24H53OTi. The first-order valence-corrected chi connectivity index (χ1v) is 11.1. The first-order valence-electron chi connectivity index (χ1n) is 11.1. The molecule has 0 aromatic carbocycles. The van der Waals surface area contributed by atoms with Gasteiger partial charge in [0.1, 0.15) is 0 Å². The SMILES string of the molecule is O.[CH2-]CCCCCCC.[CH2-]CCCCCCC.[CH2-]CCCCCCC.[Ti+3]. The van der Waals surface area contributed by atoms with Crippen LogP contribution in [0.5, 0.6) is 0 Å². The molecule has 1 nitrogen and oxygen atoms in total. The van der Waals surface area contributed by atoms with E-state index in [9.17, 15) is 0 Å². The fraction of sp³-hybridized carbons (Fsp3) is 0.875. The van der Waals surface area contributed by atoms with Gasteiger partial charge in [-0.15, -0.1) is 0 Å². The van der Waals surface area contributed by atoms with Crippen molar-refractivity contribution in [3.63, 3.8) is 0 Å². The average molecular weight is 406 g/mol. The van der Waals surface area contributed by atoms with Crippen LogP contribution in [0.15, 0.2) is 0 Å². The molecule has 0 heterocycles. The van der Waals surface area contributed by atoms with Gasteiger partial charge in [0, 0.05) is 0 Å². The van der Waals surface area contributed by atoms with Gasteiger partial charge in [0.15, 0.2) is 0 Å². The van der Waals surface area contributed by atoms with Gasteiger partial charge in [0.2, 0.25) is 0 Å². The van der Waals surface area contributed by atoms with Crippen LogP contribution >= 0.6 is 0 Å². The minimum absolute atomic E-state index is 0. The second-order valence-electron chi connectivity index (χ2n) is 6.80. The third-order valence-corrected chi connectivity index (χ3v) is 4.06. The Morgan fingerprint density at radius 1 is 0.385 bits per heavy atom. The van der Waals surface area contributed by atoms with Gasteiger partial charge in [-0.2, -0.15) is 19.3 Å². The number of rotatable bonds is 15. The summed E-state index contributed by atoms with van der Waals surface area (Å²) in [7, 11) is 0. The molecule has 0 saturated heterocycles. The first-order chi connectivity index (χ1) is 11.7. The van der Waals surface area contributed by atoms with Crippen LogP contribution in [-0.2, 0) is 21.7 Å². The van der Waals surface area contributed by atoms with Crippen molar-refractivity contribution in [3.05, 3.63) is 20.8 Å². The summed E-state index contributed by atoms with van der Waals surface area (Å²) in [5.74, 6) is 0. The molecule has 0 aliphatic carbocycles. The van der Waals surface area contributed by atoms with Crippen LogP contribution in [0.2, 0.25) is 0 Å². The molecule has 0 spiro atoms. The van der Waals surface area contributed by atoms with Crippen molar-refractivity contribution in [3.8, 4) is 0 Å². The zero-order chi connectivity index (χ0) is 18.7. The molecule has 0 atom stereocenters. The molecule has 0 saturated carbocycles. The van der Waals surface area contributed by atoms with E-state index in [-0.39, 0.29) is 27.2 Å². The quantitative estimate of drug-likeness (QED) is 0.148. The Kier molecular flexibility index (Phi) is 64.5. The van der Waals surface area contributed by atoms with Crippen LogP contribution < -0.4 is 0 Å². The molecule has 2 N–H and O–H groups in total. The van der Waals surface area contributed by atoms with Crippen molar-refractivity contribution in [1.82, 2.24) is 0 Å². The van der Waals surface area contributed by atoms with Crippen molar-refractivity contribution < 1.29 is 27.2 Å². The minimum atomic E-state index is 0. The normalized spacial score (nSPS) is 9.00. The molecule has 2 heteroatoms. The molecule has 0 aromatic heterocycles. The minimum Gasteiger partial charge on any atom is -0.412 e. The maximum atomic E-state index is 3.78. The molecule has 0 amide bonds. The Morgan fingerprint density at radius 3 is 0.731 bits per heavy atom. The summed E-state index contributed by atoms with van der Waals surface area (Å²) >= 11 is 0. The van der Waals surface area contributed by atoms with Gasteiger partial charge < -0.3 is 26.2 Å². The van der Waals surface area contributed by atoms with E-state index in [1.54, 1.807) is 0 Å². The summed E-state index contributed by atoms with van der Waals surface area (Å²) < 4.78 is 0. The smallest absolute Gasteiger partial charge is 0.412 e. The molecule has 0 aliphatic rings. The van der Waals surface area contributed by atoms with Crippen LogP contribution in [0, 0.1) is 20.8 Å². The summed E-state index contributed by atoms with van der Waals surface area (Å²) in [6, 6.07) is 0. The van der Waals surface area contributed by atoms with Crippen molar-refractivity contribution >= 4 is 0 Å². The van der Waals surface area contributed by atoms with Crippen LogP contribution in [0.3, 0.4) is 0 Å². The molecule has 0 unspecified atom stereocenters. The van der Waals surface area contributed by atoms with Crippen molar-refractivity contribution in [2.45, 2.75) is 136 Å². The van der Waals surface area contributed by atoms with Gasteiger partial charge in [0.05, 0.1) is 0 Å². The Balaban J connectivity index is -0.0000000817. The Bertz CT molecular complexity index is 116. The molecule has 0 bridgehead atoms. The maximum Gasteiger partial charge on any atom is 3.00 e. The maximum absolute atomic E-state index is 3.78. The van der Waals surface area contributed by atoms with E-state index >= 15 is 0 Å². The molecule has 26 heavy (non-hydrogen) atoms. The van der Waals surface area contributed by atoms with Crippen LogP contribution in [0.1, 0.15) is 136 Å². The molecular weight excluding hydrogens is 352 g/mol. The molecule has 159 valence electrons. The van der Waals surface area contributed by atoms with E-state index in [1.807, 2.05) is 0 Å². The standard InChI is InChI=1S/3C8H17.H2O.Ti/c3*1-3-5-7-8-6-4-2;;/h3*1,3-8H2,2H3;1H2;/q3*-1;;+3. The van der Waals surface area contributed by atoms with E-state index in [2.05, 4.69) is 41.5 Å². The summed E-state index contributed by atoms with van der Waals surface area (Å²) in [4.78, 5) is 0. The number of hydrogen-bond donors (Lipinski definition) is 0. The topological polar surface area (TPSA) is 31.5 Å². The summed E-state index contributed by atoms with van der Waals surface area (Å²) in [6.07, 6.45) is 23.9. The number of hydrogen-bond acceptors (Lipinski definition) is 0. The fourth-order valence-corrected chi connectivity index (χ4v) is 2.34. The van der Waals surface area contributed by atoms with Crippen molar-refractivity contribution in [2.75, 3.05) is 0 Å². The van der Waals surface area contributed by atoms with Crippen LogP contribution in [-0.4, -0.2) is 5.48 Å². The van der Waals surface area contributed by atoms with Gasteiger partial charge in [0.25, 0.3) is 0 Å². The molecule has 0 fully saturated rings. The zero-order valence-electron chi connectivity index (χ0n) is 18.8. The van der Waals surface area contributed by atoms with Gasteiger partial charge >= 0.3 is 21.7 Å². The van der Waals surface area contributed by atoms with Gasteiger partial charge in [-0.25, -0.2) is 0 Å². The van der Waals surface area contributed by atoms with E-state index in [0.29, 0.717) is 0 Å². The van der Waals surface area contributed by atoms with Crippen LogP contribution in [0.4, 0.5) is 0 Å². The zero-order valence-corrected chi connectivity index (χ0v) is 20.4. The molecule has 0 aliphatic heterocycles. The predicted octanol–water partition coefficient (Wildman–Crippen LogP) is 8.72. The predicted molar refractivity (Wildman–Crippen MR) is 120 cm³/mol. The van der Waals surface area contributed by atoms with Crippen molar-refractivity contribution in [1.29, 1.82) is 0 Å². The Morgan fingerprint density at radius 2 is 0.577 bits per heavy atom. The summed E-state index contributed by atoms with van der Waals surface area (Å²) in [5, 5.41) is 0. The van der Waals surface area contributed by atoms with Crippen LogP contribution in [0.25, 0.3) is 0 Å². The largest absolute Gasteiger partial charge is 3.00 e.